The number of H-pyrrole nitrogens is 1. The Kier molecular flexibility index (Phi) is 4.65. The minimum absolute atomic E-state index is 0.0428. The molecule has 1 aromatic carbocycles. The quantitative estimate of drug-likeness (QED) is 0.941. The van der Waals surface area contributed by atoms with Crippen LogP contribution in [0, 0.1) is 5.92 Å². The predicted molar refractivity (Wildman–Crippen MR) is 89.5 cm³/mol. The molecule has 0 spiro atoms. The van der Waals surface area contributed by atoms with Gasteiger partial charge in [-0.15, -0.1) is 0 Å². The van der Waals surface area contributed by atoms with Crippen LogP contribution in [0.4, 0.5) is 0 Å². The van der Waals surface area contributed by atoms with Crippen LogP contribution in [0.15, 0.2) is 30.3 Å². The summed E-state index contributed by atoms with van der Waals surface area (Å²) < 4.78 is 5.44. The Morgan fingerprint density at radius 3 is 2.87 bits per heavy atom. The van der Waals surface area contributed by atoms with Gasteiger partial charge in [-0.25, -0.2) is 0 Å². The van der Waals surface area contributed by atoms with Crippen molar-refractivity contribution in [2.45, 2.75) is 26.7 Å². The number of benzene rings is 1. The summed E-state index contributed by atoms with van der Waals surface area (Å²) in [6, 6.07) is 9.58. The normalized spacial score (nSPS) is 18.0. The van der Waals surface area contributed by atoms with E-state index >= 15 is 0 Å². The largest absolute Gasteiger partial charge is 0.494 e. The summed E-state index contributed by atoms with van der Waals surface area (Å²) in [5.74, 6) is 1.45. The lowest BCUT2D eigenvalue weighted by Gasteiger charge is -2.30. The zero-order valence-electron chi connectivity index (χ0n) is 13.7. The molecule has 1 N–H and O–H groups in total. The van der Waals surface area contributed by atoms with Gasteiger partial charge in [0.15, 0.2) is 0 Å². The highest BCUT2D eigenvalue weighted by atomic mass is 16.5. The third kappa shape index (κ3) is 3.55. The van der Waals surface area contributed by atoms with E-state index in [1.165, 1.54) is 6.42 Å². The number of carbonyl (C=O) groups is 1. The Morgan fingerprint density at radius 1 is 1.39 bits per heavy atom. The molecule has 5 heteroatoms. The van der Waals surface area contributed by atoms with Crippen molar-refractivity contribution in [3.8, 4) is 17.0 Å². The molecule has 0 aliphatic carbocycles. The molecule has 1 aliphatic heterocycles. The van der Waals surface area contributed by atoms with Crippen molar-refractivity contribution in [3.05, 3.63) is 36.0 Å². The Bertz CT molecular complexity index is 663. The minimum atomic E-state index is 0.0428. The van der Waals surface area contributed by atoms with Gasteiger partial charge in [-0.3, -0.25) is 9.89 Å². The van der Waals surface area contributed by atoms with Gasteiger partial charge in [0.25, 0.3) is 5.91 Å². The third-order valence-corrected chi connectivity index (χ3v) is 4.21. The fraction of sp³-hybridized carbons (Fsp3) is 0.444. The van der Waals surface area contributed by atoms with Gasteiger partial charge in [-0.2, -0.15) is 5.10 Å². The molecular weight excluding hydrogens is 290 g/mol. The summed E-state index contributed by atoms with van der Waals surface area (Å²) in [5.41, 5.74) is 2.31. The zero-order valence-corrected chi connectivity index (χ0v) is 13.7. The highest BCUT2D eigenvalue weighted by Crippen LogP contribution is 2.23. The van der Waals surface area contributed by atoms with Crippen molar-refractivity contribution in [2.75, 3.05) is 19.7 Å². The lowest BCUT2D eigenvalue weighted by molar-refractivity contribution is 0.0677. The highest BCUT2D eigenvalue weighted by molar-refractivity contribution is 5.93. The third-order valence-electron chi connectivity index (χ3n) is 4.21. The maximum atomic E-state index is 12.6. The molecule has 0 bridgehead atoms. The topological polar surface area (TPSA) is 58.2 Å². The average Bonchev–Trinajstić information content (AvgIpc) is 3.05. The summed E-state index contributed by atoms with van der Waals surface area (Å²) >= 11 is 0. The first-order valence-electron chi connectivity index (χ1n) is 8.25. The first-order chi connectivity index (χ1) is 11.2. The Hall–Kier alpha value is -2.30. The Morgan fingerprint density at radius 2 is 2.17 bits per heavy atom. The number of hydrogen-bond acceptors (Lipinski definition) is 3. The molecule has 0 unspecified atom stereocenters. The van der Waals surface area contributed by atoms with Gasteiger partial charge < -0.3 is 9.64 Å². The van der Waals surface area contributed by atoms with E-state index in [4.69, 9.17) is 4.74 Å². The number of aromatic amines is 1. The molecule has 0 saturated carbocycles. The van der Waals surface area contributed by atoms with E-state index in [1.54, 1.807) is 0 Å². The predicted octanol–water partition coefficient (Wildman–Crippen LogP) is 3.35. The van der Waals surface area contributed by atoms with Gasteiger partial charge >= 0.3 is 0 Å². The second kappa shape index (κ2) is 6.86. The van der Waals surface area contributed by atoms with Crippen molar-refractivity contribution in [1.82, 2.24) is 15.1 Å². The zero-order chi connectivity index (χ0) is 16.2. The molecule has 1 saturated heterocycles. The summed E-state index contributed by atoms with van der Waals surface area (Å²) in [4.78, 5) is 14.5. The number of carbonyl (C=O) groups excluding carboxylic acids is 1. The van der Waals surface area contributed by atoms with E-state index < -0.39 is 0 Å². The van der Waals surface area contributed by atoms with Crippen molar-refractivity contribution < 1.29 is 9.53 Å². The number of piperidine rings is 1. The van der Waals surface area contributed by atoms with Crippen molar-refractivity contribution in [2.24, 2.45) is 5.92 Å². The molecule has 3 rings (SSSR count). The minimum Gasteiger partial charge on any atom is -0.494 e. The van der Waals surface area contributed by atoms with Gasteiger partial charge in [0, 0.05) is 18.7 Å². The highest BCUT2D eigenvalue weighted by Gasteiger charge is 2.23. The van der Waals surface area contributed by atoms with Crippen LogP contribution in [0.2, 0.25) is 0 Å². The summed E-state index contributed by atoms with van der Waals surface area (Å²) in [5, 5.41) is 7.17. The molecule has 5 nitrogen and oxygen atoms in total. The van der Waals surface area contributed by atoms with Crippen molar-refractivity contribution in [3.63, 3.8) is 0 Å². The number of aromatic nitrogens is 2. The lowest BCUT2D eigenvalue weighted by atomic mass is 10.00. The molecule has 2 heterocycles. The number of amides is 1. The van der Waals surface area contributed by atoms with E-state index in [0.29, 0.717) is 18.2 Å². The van der Waals surface area contributed by atoms with Gasteiger partial charge in [0.1, 0.15) is 11.4 Å². The molecule has 1 atom stereocenters. The molecule has 1 amide bonds. The van der Waals surface area contributed by atoms with Crippen LogP contribution in [0.5, 0.6) is 5.75 Å². The van der Waals surface area contributed by atoms with Gasteiger partial charge in [-0.1, -0.05) is 6.92 Å². The van der Waals surface area contributed by atoms with E-state index in [-0.39, 0.29) is 5.91 Å². The molecule has 23 heavy (non-hydrogen) atoms. The van der Waals surface area contributed by atoms with Crippen LogP contribution in [0.3, 0.4) is 0 Å². The Labute approximate surface area is 136 Å². The van der Waals surface area contributed by atoms with Crippen LogP contribution >= 0.6 is 0 Å². The number of likely N-dealkylation sites (tertiary alicyclic amines) is 1. The second-order valence-corrected chi connectivity index (χ2v) is 6.12. The molecule has 122 valence electrons. The van der Waals surface area contributed by atoms with Crippen LogP contribution in [-0.4, -0.2) is 40.7 Å². The molecule has 1 aliphatic rings. The van der Waals surface area contributed by atoms with Crippen LogP contribution < -0.4 is 4.74 Å². The van der Waals surface area contributed by atoms with E-state index in [9.17, 15) is 4.79 Å². The fourth-order valence-corrected chi connectivity index (χ4v) is 3.01. The van der Waals surface area contributed by atoms with E-state index in [2.05, 4.69) is 17.1 Å². The van der Waals surface area contributed by atoms with Gasteiger partial charge in [0.05, 0.1) is 12.3 Å². The SMILES string of the molecule is CCOc1ccc(-c2cc(C(=O)N3CCC[C@@H](C)C3)[nH]n2)cc1. The summed E-state index contributed by atoms with van der Waals surface area (Å²) in [6.45, 7) is 6.46. The second-order valence-electron chi connectivity index (χ2n) is 6.12. The van der Waals surface area contributed by atoms with Crippen molar-refractivity contribution in [1.29, 1.82) is 0 Å². The van der Waals surface area contributed by atoms with Crippen LogP contribution in [0.1, 0.15) is 37.2 Å². The Balaban J connectivity index is 1.73. The fourth-order valence-electron chi connectivity index (χ4n) is 3.01. The molecular formula is C18H23N3O2. The summed E-state index contributed by atoms with van der Waals surface area (Å²) in [7, 11) is 0. The van der Waals surface area contributed by atoms with Crippen LogP contribution in [-0.2, 0) is 0 Å². The molecule has 0 radical (unpaired) electrons. The monoisotopic (exact) mass is 313 g/mol. The smallest absolute Gasteiger partial charge is 0.271 e. The maximum Gasteiger partial charge on any atom is 0.271 e. The standard InChI is InChI=1S/C18H23N3O2/c1-3-23-15-8-6-14(7-9-15)16-11-17(20-19-16)18(22)21-10-4-5-13(2)12-21/h6-9,11,13H,3-5,10,12H2,1-2H3,(H,19,20)/t13-/m1/s1. The number of rotatable bonds is 4. The average molecular weight is 313 g/mol. The first-order valence-corrected chi connectivity index (χ1v) is 8.25. The lowest BCUT2D eigenvalue weighted by Crippen LogP contribution is -2.39. The first kappa shape index (κ1) is 15.6. The molecule has 1 fully saturated rings. The van der Waals surface area contributed by atoms with Gasteiger partial charge in [-0.05, 0) is 56.0 Å². The molecule has 2 aromatic rings. The summed E-state index contributed by atoms with van der Waals surface area (Å²) in [6.07, 6.45) is 2.27. The number of hydrogen-bond donors (Lipinski definition) is 1. The number of nitrogens with zero attached hydrogens (tertiary/aromatic N) is 2. The van der Waals surface area contributed by atoms with Crippen LogP contribution in [0.25, 0.3) is 11.3 Å². The van der Waals surface area contributed by atoms with Crippen molar-refractivity contribution >= 4 is 5.91 Å². The van der Waals surface area contributed by atoms with E-state index in [1.807, 2.05) is 42.2 Å². The number of ether oxygens (including phenoxy) is 1. The van der Waals surface area contributed by atoms with E-state index in [0.717, 1.165) is 36.5 Å². The number of nitrogens with one attached hydrogen (secondary N) is 1. The van der Waals surface area contributed by atoms with Gasteiger partial charge in [0.2, 0.25) is 0 Å². The molecule has 1 aromatic heterocycles. The maximum absolute atomic E-state index is 12.6.